The largest absolute Gasteiger partial charge is 0.394 e. The van der Waals surface area contributed by atoms with Crippen molar-refractivity contribution in [3.8, 4) is 0 Å². The van der Waals surface area contributed by atoms with Crippen molar-refractivity contribution in [3.05, 3.63) is 35.9 Å². The van der Waals surface area contributed by atoms with Gasteiger partial charge in [-0.05, 0) is 45.0 Å². The van der Waals surface area contributed by atoms with Gasteiger partial charge in [0.15, 0.2) is 0 Å². The molecule has 0 amide bonds. The van der Waals surface area contributed by atoms with Crippen molar-refractivity contribution >= 4 is 0 Å². The number of nitrogens with one attached hydrogen (secondary N) is 1. The maximum Gasteiger partial charge on any atom is 0.0678 e. The number of aliphatic hydroxyl groups excluding tert-OH is 1. The first-order valence-corrected chi connectivity index (χ1v) is 6.88. The lowest BCUT2D eigenvalue weighted by Crippen LogP contribution is -2.45. The maximum atomic E-state index is 9.82. The average Bonchev–Trinajstić information content (AvgIpc) is 2.95. The Labute approximate surface area is 110 Å². The number of aliphatic hydroxyl groups is 1. The number of hydrogen-bond acceptors (Lipinski definition) is 3. The zero-order chi connectivity index (χ0) is 12.8. The fourth-order valence-electron chi connectivity index (χ4n) is 2.78. The van der Waals surface area contributed by atoms with Crippen molar-refractivity contribution in [2.24, 2.45) is 0 Å². The SMILES string of the molecule is CNC(CO)(CCN1CCCC1)c1ccccc1. The van der Waals surface area contributed by atoms with Crippen molar-refractivity contribution in [1.29, 1.82) is 0 Å². The van der Waals surface area contributed by atoms with Gasteiger partial charge >= 0.3 is 0 Å². The molecule has 0 spiro atoms. The Hall–Kier alpha value is -0.900. The van der Waals surface area contributed by atoms with Crippen LogP contribution in [0, 0.1) is 0 Å². The summed E-state index contributed by atoms with van der Waals surface area (Å²) in [6.45, 7) is 3.61. The molecule has 2 N–H and O–H groups in total. The highest BCUT2D eigenvalue weighted by atomic mass is 16.3. The minimum atomic E-state index is -0.302. The summed E-state index contributed by atoms with van der Waals surface area (Å²) in [4.78, 5) is 2.49. The normalized spacial score (nSPS) is 19.9. The van der Waals surface area contributed by atoms with Gasteiger partial charge in [0.2, 0.25) is 0 Å². The van der Waals surface area contributed by atoms with Gasteiger partial charge in [0.25, 0.3) is 0 Å². The molecule has 3 nitrogen and oxygen atoms in total. The van der Waals surface area contributed by atoms with Crippen LogP contribution >= 0.6 is 0 Å². The van der Waals surface area contributed by atoms with Gasteiger partial charge < -0.3 is 15.3 Å². The van der Waals surface area contributed by atoms with E-state index >= 15 is 0 Å². The van der Waals surface area contributed by atoms with Crippen LogP contribution in [0.25, 0.3) is 0 Å². The topological polar surface area (TPSA) is 35.5 Å². The predicted octanol–water partition coefficient (Wildman–Crippen LogP) is 1.58. The van der Waals surface area contributed by atoms with Crippen LogP contribution in [0.4, 0.5) is 0 Å². The molecule has 1 saturated heterocycles. The van der Waals surface area contributed by atoms with Crippen molar-refractivity contribution in [3.63, 3.8) is 0 Å². The van der Waals surface area contributed by atoms with Crippen LogP contribution in [0.3, 0.4) is 0 Å². The lowest BCUT2D eigenvalue weighted by molar-refractivity contribution is 0.144. The fraction of sp³-hybridized carbons (Fsp3) is 0.600. The number of rotatable bonds is 6. The second-order valence-corrected chi connectivity index (χ2v) is 5.15. The lowest BCUT2D eigenvalue weighted by Gasteiger charge is -2.34. The zero-order valence-corrected chi connectivity index (χ0v) is 11.2. The van der Waals surface area contributed by atoms with Crippen LogP contribution in [-0.4, -0.2) is 43.3 Å². The minimum absolute atomic E-state index is 0.140. The van der Waals surface area contributed by atoms with E-state index in [0.29, 0.717) is 0 Å². The number of hydrogen-bond donors (Lipinski definition) is 2. The summed E-state index contributed by atoms with van der Waals surface area (Å²) in [5.74, 6) is 0. The van der Waals surface area contributed by atoms with Gasteiger partial charge in [0.1, 0.15) is 0 Å². The number of nitrogens with zero attached hydrogens (tertiary/aromatic N) is 1. The van der Waals surface area contributed by atoms with Gasteiger partial charge in [-0.25, -0.2) is 0 Å². The number of benzene rings is 1. The Balaban J connectivity index is 2.06. The highest BCUT2D eigenvalue weighted by Gasteiger charge is 2.30. The molecule has 3 heteroatoms. The zero-order valence-electron chi connectivity index (χ0n) is 11.2. The molecule has 0 saturated carbocycles. The van der Waals surface area contributed by atoms with Crippen LogP contribution < -0.4 is 5.32 Å². The Morgan fingerprint density at radius 3 is 2.44 bits per heavy atom. The monoisotopic (exact) mass is 248 g/mol. The second-order valence-electron chi connectivity index (χ2n) is 5.15. The molecule has 1 aliphatic rings. The lowest BCUT2D eigenvalue weighted by atomic mass is 9.87. The molecule has 1 aromatic carbocycles. The van der Waals surface area contributed by atoms with Crippen LogP contribution in [0.1, 0.15) is 24.8 Å². The molecular formula is C15H24N2O. The quantitative estimate of drug-likeness (QED) is 0.802. The van der Waals surface area contributed by atoms with Crippen LogP contribution in [-0.2, 0) is 5.54 Å². The fourth-order valence-corrected chi connectivity index (χ4v) is 2.78. The van der Waals surface area contributed by atoms with Crippen LogP contribution in [0.15, 0.2) is 30.3 Å². The first-order valence-electron chi connectivity index (χ1n) is 6.88. The van der Waals surface area contributed by atoms with Crippen molar-refractivity contribution in [2.75, 3.05) is 33.3 Å². The molecule has 1 aliphatic heterocycles. The molecule has 1 heterocycles. The van der Waals surface area contributed by atoms with E-state index < -0.39 is 0 Å². The first kappa shape index (κ1) is 13.5. The standard InChI is InChI=1S/C15H24N2O/c1-16-15(13-18,14-7-3-2-4-8-14)9-12-17-10-5-6-11-17/h2-4,7-8,16,18H,5-6,9-13H2,1H3. The van der Waals surface area contributed by atoms with E-state index in [1.807, 2.05) is 25.2 Å². The third-order valence-corrected chi connectivity index (χ3v) is 4.13. The van der Waals surface area contributed by atoms with Gasteiger partial charge in [0.05, 0.1) is 12.1 Å². The maximum absolute atomic E-state index is 9.82. The van der Waals surface area contributed by atoms with E-state index in [1.165, 1.54) is 31.5 Å². The van der Waals surface area contributed by atoms with E-state index in [0.717, 1.165) is 13.0 Å². The van der Waals surface area contributed by atoms with Crippen molar-refractivity contribution in [1.82, 2.24) is 10.2 Å². The van der Waals surface area contributed by atoms with Gasteiger partial charge in [-0.15, -0.1) is 0 Å². The molecule has 1 aromatic rings. The third kappa shape index (κ3) is 2.91. The molecule has 100 valence electrons. The number of likely N-dealkylation sites (tertiary alicyclic amines) is 1. The highest BCUT2D eigenvalue weighted by molar-refractivity contribution is 5.24. The van der Waals surface area contributed by atoms with Gasteiger partial charge in [-0.1, -0.05) is 30.3 Å². The average molecular weight is 248 g/mol. The molecule has 0 radical (unpaired) electrons. The molecule has 1 fully saturated rings. The van der Waals surface area contributed by atoms with E-state index in [4.69, 9.17) is 0 Å². The summed E-state index contributed by atoms with van der Waals surface area (Å²) in [5.41, 5.74) is 0.873. The predicted molar refractivity (Wildman–Crippen MR) is 74.6 cm³/mol. The molecule has 0 aliphatic carbocycles. The summed E-state index contributed by atoms with van der Waals surface area (Å²) >= 11 is 0. The Bertz CT molecular complexity index is 343. The number of likely N-dealkylation sites (N-methyl/N-ethyl adjacent to an activating group) is 1. The van der Waals surface area contributed by atoms with Crippen molar-refractivity contribution < 1.29 is 5.11 Å². The molecule has 2 rings (SSSR count). The summed E-state index contributed by atoms with van der Waals surface area (Å²) < 4.78 is 0. The molecule has 0 bridgehead atoms. The van der Waals surface area contributed by atoms with Gasteiger partial charge in [0, 0.05) is 6.54 Å². The van der Waals surface area contributed by atoms with E-state index in [1.54, 1.807) is 0 Å². The molecule has 0 aromatic heterocycles. The highest BCUT2D eigenvalue weighted by Crippen LogP contribution is 2.25. The second kappa shape index (κ2) is 6.32. The van der Waals surface area contributed by atoms with E-state index in [-0.39, 0.29) is 12.1 Å². The molecule has 1 unspecified atom stereocenters. The summed E-state index contributed by atoms with van der Waals surface area (Å²) in [6, 6.07) is 10.3. The summed E-state index contributed by atoms with van der Waals surface area (Å²) in [5, 5.41) is 13.2. The van der Waals surface area contributed by atoms with E-state index in [9.17, 15) is 5.11 Å². The Morgan fingerprint density at radius 2 is 1.89 bits per heavy atom. The van der Waals surface area contributed by atoms with Crippen LogP contribution in [0.2, 0.25) is 0 Å². The van der Waals surface area contributed by atoms with E-state index in [2.05, 4.69) is 22.3 Å². The molecular weight excluding hydrogens is 224 g/mol. The van der Waals surface area contributed by atoms with Gasteiger partial charge in [-0.3, -0.25) is 0 Å². The molecule has 1 atom stereocenters. The Kier molecular flexibility index (Phi) is 4.75. The van der Waals surface area contributed by atoms with Crippen LogP contribution in [0.5, 0.6) is 0 Å². The Morgan fingerprint density at radius 1 is 1.22 bits per heavy atom. The first-order chi connectivity index (χ1) is 8.80. The smallest absolute Gasteiger partial charge is 0.0678 e. The molecule has 18 heavy (non-hydrogen) atoms. The van der Waals surface area contributed by atoms with Crippen molar-refractivity contribution in [2.45, 2.75) is 24.8 Å². The van der Waals surface area contributed by atoms with Gasteiger partial charge in [-0.2, -0.15) is 0 Å². The summed E-state index contributed by atoms with van der Waals surface area (Å²) in [6.07, 6.45) is 3.58. The summed E-state index contributed by atoms with van der Waals surface area (Å²) in [7, 11) is 1.94. The minimum Gasteiger partial charge on any atom is -0.394 e. The third-order valence-electron chi connectivity index (χ3n) is 4.13.